The summed E-state index contributed by atoms with van der Waals surface area (Å²) in [6, 6.07) is 18.0. The van der Waals surface area contributed by atoms with E-state index in [0.717, 1.165) is 62.8 Å². The molecule has 2 aromatic carbocycles. The number of nitrogens with zero attached hydrogens (tertiary/aromatic N) is 3. The van der Waals surface area contributed by atoms with Gasteiger partial charge in [0.1, 0.15) is 12.0 Å². The summed E-state index contributed by atoms with van der Waals surface area (Å²) in [4.78, 5) is 17.3. The minimum Gasteiger partial charge on any atom is -0.334 e. The molecule has 3 nitrogen and oxygen atoms in total. The zero-order valence-corrected chi connectivity index (χ0v) is 43.1. The molecule has 0 spiro atoms. The molecule has 0 amide bonds. The molecule has 0 bridgehead atoms. The zero-order valence-electron chi connectivity index (χ0n) is 41.4. The van der Waals surface area contributed by atoms with Crippen molar-refractivity contribution in [1.82, 2.24) is 4.90 Å². The van der Waals surface area contributed by atoms with Crippen molar-refractivity contribution in [2.24, 2.45) is 9.98 Å². The summed E-state index contributed by atoms with van der Waals surface area (Å²) in [6.45, 7) is 27.0. The molecule has 1 aliphatic heterocycles. The van der Waals surface area contributed by atoms with Gasteiger partial charge in [0, 0.05) is 43.8 Å². The fourth-order valence-electron chi connectivity index (χ4n) is 8.47. The van der Waals surface area contributed by atoms with Crippen molar-refractivity contribution in [3.05, 3.63) is 182 Å². The van der Waals surface area contributed by atoms with Gasteiger partial charge in [0.15, 0.2) is 5.84 Å². The quantitative estimate of drug-likeness (QED) is 0.0915. The molecule has 0 radical (unpaired) electrons. The summed E-state index contributed by atoms with van der Waals surface area (Å²) in [7, 11) is 2.16. The molecule has 344 valence electrons. The molecule has 5 heteroatoms. The Hall–Kier alpha value is -5.10. The van der Waals surface area contributed by atoms with Crippen LogP contribution in [0, 0.1) is 0 Å². The number of aryl methyl sites for hydroxylation is 1. The number of hydrogen-bond donors (Lipinski definition) is 0. The van der Waals surface area contributed by atoms with Crippen molar-refractivity contribution in [3.63, 3.8) is 0 Å². The van der Waals surface area contributed by atoms with Gasteiger partial charge in [-0.15, -0.1) is 29.3 Å². The number of aliphatic imine (C=N–C) groups is 2. The molecule has 3 heterocycles. The number of fused-ring (bicyclic) bond motifs is 4. The molecular formula is C60H77N3S2. The molecule has 7 rings (SSSR count). The van der Waals surface area contributed by atoms with E-state index in [1.165, 1.54) is 76.5 Å². The van der Waals surface area contributed by atoms with Crippen molar-refractivity contribution in [3.8, 4) is 0 Å². The first-order chi connectivity index (χ1) is 31.9. The van der Waals surface area contributed by atoms with Crippen molar-refractivity contribution >= 4 is 62.7 Å². The van der Waals surface area contributed by atoms with Gasteiger partial charge in [0.25, 0.3) is 0 Å². The van der Waals surface area contributed by atoms with E-state index < -0.39 is 0 Å². The molecule has 2 atom stereocenters. The van der Waals surface area contributed by atoms with Crippen molar-refractivity contribution < 1.29 is 0 Å². The zero-order chi connectivity index (χ0) is 47.1. The summed E-state index contributed by atoms with van der Waals surface area (Å²) in [5.41, 5.74) is 10.2. The van der Waals surface area contributed by atoms with E-state index in [4.69, 9.17) is 9.98 Å². The average molecular weight is 904 g/mol. The maximum atomic E-state index is 5.41. The second-order valence-electron chi connectivity index (χ2n) is 15.8. The third-order valence-electron chi connectivity index (χ3n) is 11.7. The molecule has 0 fully saturated rings. The van der Waals surface area contributed by atoms with Crippen LogP contribution in [-0.2, 0) is 19.3 Å². The number of hydrogen-bond acceptors (Lipinski definition) is 5. The monoisotopic (exact) mass is 904 g/mol. The number of benzene rings is 2. The number of thiophene rings is 2. The Kier molecular flexibility index (Phi) is 22.7. The molecule has 2 aromatic heterocycles. The van der Waals surface area contributed by atoms with Crippen molar-refractivity contribution in [2.45, 2.75) is 139 Å². The molecule has 0 N–H and O–H groups in total. The van der Waals surface area contributed by atoms with E-state index in [2.05, 4.69) is 142 Å². The second kappa shape index (κ2) is 28.1. The minimum atomic E-state index is -0.247. The van der Waals surface area contributed by atoms with Gasteiger partial charge in [-0.25, -0.2) is 9.98 Å². The first-order valence-corrected chi connectivity index (χ1v) is 26.1. The molecule has 4 aromatic rings. The standard InChI is InChI=1S/C54H59N3S2.3C2H6/c1-7-11-24-41(10-4)52-55-53(57(6)54(56-52)43(23-8-2)33-32-40(9-3)42-25-17-15-18-26-42)38(5)35-46-44-27-19-13-12-14-21-29-49(44)59-51(46)37-39-31-34-50-47(36-39)45-28-20-16-22-30-48(45)58-50;3*1-2/h7-8,10-11,13,15,17-20,22,24-26,28,30-31,33-36,40,53H,2,4,9,12,14,16,21,23,27,29,32,37H2,1,3,5-6H3;3*1-2H3/b11-7-,19-13-,38-35+,41-24+,43-33+;;;. The van der Waals surface area contributed by atoms with E-state index in [1.807, 2.05) is 95.4 Å². The Labute approximate surface area is 402 Å². The van der Waals surface area contributed by atoms with Crippen molar-refractivity contribution in [1.29, 1.82) is 0 Å². The van der Waals surface area contributed by atoms with Gasteiger partial charge < -0.3 is 4.90 Å². The van der Waals surface area contributed by atoms with Crippen LogP contribution >= 0.6 is 22.7 Å². The summed E-state index contributed by atoms with van der Waals surface area (Å²) < 4.78 is 1.36. The van der Waals surface area contributed by atoms with Crippen LogP contribution in [0.5, 0.6) is 0 Å². The van der Waals surface area contributed by atoms with Gasteiger partial charge in [0.2, 0.25) is 0 Å². The number of rotatable bonds is 14. The average Bonchev–Trinajstić information content (AvgIpc) is 3.79. The van der Waals surface area contributed by atoms with Crippen LogP contribution in [0.15, 0.2) is 149 Å². The Morgan fingerprint density at radius 1 is 0.938 bits per heavy atom. The van der Waals surface area contributed by atoms with E-state index >= 15 is 0 Å². The summed E-state index contributed by atoms with van der Waals surface area (Å²) >= 11 is 3.93. The highest BCUT2D eigenvalue weighted by molar-refractivity contribution is 7.20. The fraction of sp³-hybridized carbons (Fsp3) is 0.367. The molecule has 2 unspecified atom stereocenters. The Morgan fingerprint density at radius 3 is 2.43 bits per heavy atom. The van der Waals surface area contributed by atoms with Crippen LogP contribution in [-0.4, -0.2) is 29.8 Å². The lowest BCUT2D eigenvalue weighted by atomic mass is 9.91. The van der Waals surface area contributed by atoms with E-state index in [0.29, 0.717) is 11.8 Å². The van der Waals surface area contributed by atoms with Gasteiger partial charge in [-0.2, -0.15) is 0 Å². The predicted molar refractivity (Wildman–Crippen MR) is 296 cm³/mol. The summed E-state index contributed by atoms with van der Waals surface area (Å²) in [5.74, 6) is 2.07. The van der Waals surface area contributed by atoms with E-state index in [9.17, 15) is 0 Å². The SMILES string of the molecule is C=CC/C(=C\CC(CC)c1ccccc1)C1=NC(/C(C=C)=C/C=C\C)=NC(/C(C)=C/c2c(Cc3ccc4sc5c(c4c3)C=CCC=C5)sc3c2C/C=C\CCCC3)N1C.CC.CC.CC. The van der Waals surface area contributed by atoms with Crippen LogP contribution in [0.1, 0.15) is 156 Å². The number of likely N-dealkylation sites (N-methyl/N-ethyl adjacent to an activating group) is 1. The van der Waals surface area contributed by atoms with Gasteiger partial charge in [0.05, 0.1) is 0 Å². The van der Waals surface area contributed by atoms with Crippen LogP contribution in [0.25, 0.3) is 28.3 Å². The molecule has 65 heavy (non-hydrogen) atoms. The summed E-state index contributed by atoms with van der Waals surface area (Å²) in [5, 5.41) is 1.37. The van der Waals surface area contributed by atoms with E-state index in [-0.39, 0.29) is 6.17 Å². The third kappa shape index (κ3) is 13.7. The smallest absolute Gasteiger partial charge is 0.159 e. The lowest BCUT2D eigenvalue weighted by molar-refractivity contribution is 0.416. The van der Waals surface area contributed by atoms with Gasteiger partial charge in [-0.1, -0.05) is 164 Å². The highest BCUT2D eigenvalue weighted by Gasteiger charge is 2.29. The highest BCUT2D eigenvalue weighted by Crippen LogP contribution is 2.39. The van der Waals surface area contributed by atoms with Gasteiger partial charge in [-0.3, -0.25) is 0 Å². The molecule has 3 aliphatic rings. The molecule has 0 saturated heterocycles. The lowest BCUT2D eigenvalue weighted by Crippen LogP contribution is -2.41. The maximum absolute atomic E-state index is 5.41. The predicted octanol–water partition coefficient (Wildman–Crippen LogP) is 18.1. The second-order valence-corrected chi connectivity index (χ2v) is 18.0. The molecular weight excluding hydrogens is 827 g/mol. The fourth-order valence-corrected chi connectivity index (χ4v) is 11.0. The minimum absolute atomic E-state index is 0.247. The highest BCUT2D eigenvalue weighted by atomic mass is 32.1. The van der Waals surface area contributed by atoms with Crippen LogP contribution in [0.3, 0.4) is 0 Å². The normalized spacial score (nSPS) is 17.2. The maximum Gasteiger partial charge on any atom is 0.159 e. The first-order valence-electron chi connectivity index (χ1n) is 24.5. The molecule has 0 saturated carbocycles. The number of allylic oxidation sites excluding steroid dienone is 9. The Morgan fingerprint density at radius 2 is 1.71 bits per heavy atom. The van der Waals surface area contributed by atoms with Gasteiger partial charge in [-0.05, 0) is 135 Å². The first kappa shape index (κ1) is 52.5. The van der Waals surface area contributed by atoms with Crippen LogP contribution < -0.4 is 0 Å². The largest absolute Gasteiger partial charge is 0.334 e. The summed E-state index contributed by atoms with van der Waals surface area (Å²) in [6.07, 6.45) is 38.9. The van der Waals surface area contributed by atoms with Crippen molar-refractivity contribution in [2.75, 3.05) is 7.05 Å². The van der Waals surface area contributed by atoms with Crippen LogP contribution in [0.2, 0.25) is 0 Å². The van der Waals surface area contributed by atoms with Gasteiger partial charge >= 0.3 is 0 Å². The van der Waals surface area contributed by atoms with Crippen LogP contribution in [0.4, 0.5) is 0 Å². The Balaban J connectivity index is 0.00000148. The topological polar surface area (TPSA) is 28.0 Å². The van der Waals surface area contributed by atoms with E-state index in [1.54, 1.807) is 0 Å². The molecule has 2 aliphatic carbocycles. The lowest BCUT2D eigenvalue weighted by Gasteiger charge is -2.34. The Bertz CT molecular complexity index is 2430. The third-order valence-corrected chi connectivity index (χ3v) is 14.1. The number of amidine groups is 2.